The van der Waals surface area contributed by atoms with Gasteiger partial charge in [-0.25, -0.2) is 0 Å². The van der Waals surface area contributed by atoms with E-state index >= 15 is 0 Å². The van der Waals surface area contributed by atoms with Crippen LogP contribution in [0.2, 0.25) is 10.0 Å². The first-order chi connectivity index (χ1) is 14.6. The summed E-state index contributed by atoms with van der Waals surface area (Å²) < 4.78 is 11.4. The van der Waals surface area contributed by atoms with E-state index in [9.17, 15) is 4.79 Å². The molecule has 0 aromatic heterocycles. The van der Waals surface area contributed by atoms with Gasteiger partial charge >= 0.3 is 0 Å². The van der Waals surface area contributed by atoms with E-state index in [-0.39, 0.29) is 5.91 Å². The van der Waals surface area contributed by atoms with Gasteiger partial charge in [-0.2, -0.15) is 0 Å². The van der Waals surface area contributed by atoms with Gasteiger partial charge in [0, 0.05) is 29.6 Å². The van der Waals surface area contributed by atoms with Crippen LogP contribution in [0.4, 0.5) is 5.69 Å². The minimum atomic E-state index is -0.0813. The molecule has 4 nitrogen and oxygen atoms in total. The topological polar surface area (TPSA) is 47.6 Å². The van der Waals surface area contributed by atoms with Crippen molar-refractivity contribution in [1.29, 1.82) is 0 Å². The summed E-state index contributed by atoms with van der Waals surface area (Å²) in [5.41, 5.74) is 1.93. The molecule has 0 aliphatic rings. The van der Waals surface area contributed by atoms with Crippen LogP contribution in [0.5, 0.6) is 11.5 Å². The molecule has 3 rings (SSSR count). The maximum Gasteiger partial charge on any atom is 0.224 e. The fourth-order valence-electron chi connectivity index (χ4n) is 2.83. The second kappa shape index (κ2) is 11.5. The minimum absolute atomic E-state index is 0.0813. The highest BCUT2D eigenvalue weighted by Gasteiger charge is 2.06. The maximum absolute atomic E-state index is 12.2. The summed E-state index contributed by atoms with van der Waals surface area (Å²) in [7, 11) is 0. The van der Waals surface area contributed by atoms with Crippen molar-refractivity contribution in [3.8, 4) is 11.5 Å². The number of carbonyl (C=O) groups is 1. The minimum Gasteiger partial charge on any atom is -0.493 e. The number of hydrogen-bond acceptors (Lipinski definition) is 3. The number of hydrogen-bond donors (Lipinski definition) is 1. The molecule has 0 spiro atoms. The first-order valence-electron chi connectivity index (χ1n) is 9.74. The summed E-state index contributed by atoms with van der Waals surface area (Å²) in [5, 5.41) is 3.90. The fraction of sp³-hybridized carbons (Fsp3) is 0.208. The molecule has 0 aliphatic carbocycles. The number of amides is 1. The summed E-state index contributed by atoms with van der Waals surface area (Å²) in [6, 6.07) is 22.6. The van der Waals surface area contributed by atoms with Crippen LogP contribution in [-0.2, 0) is 11.2 Å². The Labute approximate surface area is 186 Å². The lowest BCUT2D eigenvalue weighted by molar-refractivity contribution is -0.116. The molecule has 0 saturated carbocycles. The Morgan fingerprint density at radius 3 is 2.50 bits per heavy atom. The van der Waals surface area contributed by atoms with Gasteiger partial charge in [0.05, 0.1) is 18.2 Å². The van der Waals surface area contributed by atoms with Gasteiger partial charge in [0.25, 0.3) is 0 Å². The van der Waals surface area contributed by atoms with Crippen LogP contribution in [0.3, 0.4) is 0 Å². The molecule has 0 atom stereocenters. The van der Waals surface area contributed by atoms with Crippen LogP contribution in [0.1, 0.15) is 18.4 Å². The van der Waals surface area contributed by atoms with Crippen molar-refractivity contribution in [3.63, 3.8) is 0 Å². The monoisotopic (exact) mass is 443 g/mol. The van der Waals surface area contributed by atoms with Gasteiger partial charge in [0.15, 0.2) is 0 Å². The third-order valence-corrected chi connectivity index (χ3v) is 4.85. The Morgan fingerprint density at radius 1 is 0.867 bits per heavy atom. The molecule has 3 aromatic rings. The number of nitrogens with one attached hydrogen (secondary N) is 1. The number of carbonyl (C=O) groups excluding carboxylic acids is 1. The van der Waals surface area contributed by atoms with Crippen LogP contribution in [0.25, 0.3) is 0 Å². The van der Waals surface area contributed by atoms with Gasteiger partial charge in [-0.15, -0.1) is 0 Å². The fourth-order valence-corrected chi connectivity index (χ4v) is 3.29. The van der Waals surface area contributed by atoms with Gasteiger partial charge in [-0.1, -0.05) is 59.6 Å². The lowest BCUT2D eigenvalue weighted by atomic mass is 10.2. The molecular weight excluding hydrogens is 421 g/mol. The zero-order valence-electron chi connectivity index (χ0n) is 16.4. The Morgan fingerprint density at radius 2 is 1.70 bits per heavy atom. The average molecular weight is 444 g/mol. The third kappa shape index (κ3) is 7.29. The number of ether oxygens (including phenoxy) is 2. The standard InChI is InChI=1S/C24H23Cl2NO3/c25-19-11-12-23(22(26)16-19)30-14-5-10-24(28)27-20-8-4-9-21(17-20)29-15-13-18-6-2-1-3-7-18/h1-4,6-9,11-12,16-17H,5,10,13-15H2,(H,27,28). The smallest absolute Gasteiger partial charge is 0.224 e. The Hall–Kier alpha value is -2.69. The Kier molecular flexibility index (Phi) is 8.42. The van der Waals surface area contributed by atoms with Crippen molar-refractivity contribution in [2.45, 2.75) is 19.3 Å². The second-order valence-electron chi connectivity index (χ2n) is 6.69. The van der Waals surface area contributed by atoms with E-state index in [1.54, 1.807) is 18.2 Å². The van der Waals surface area contributed by atoms with Crippen molar-refractivity contribution in [3.05, 3.63) is 88.4 Å². The van der Waals surface area contributed by atoms with Gasteiger partial charge in [0.1, 0.15) is 11.5 Å². The molecule has 0 heterocycles. The molecule has 0 bridgehead atoms. The second-order valence-corrected chi connectivity index (χ2v) is 7.53. The molecule has 6 heteroatoms. The summed E-state index contributed by atoms with van der Waals surface area (Å²) in [6.45, 7) is 0.962. The summed E-state index contributed by atoms with van der Waals surface area (Å²) >= 11 is 11.9. The predicted molar refractivity (Wildman–Crippen MR) is 122 cm³/mol. The molecule has 1 N–H and O–H groups in total. The molecular formula is C24H23Cl2NO3. The third-order valence-electron chi connectivity index (χ3n) is 4.32. The number of halogens is 2. The van der Waals surface area contributed by atoms with Gasteiger partial charge in [-0.3, -0.25) is 4.79 Å². The van der Waals surface area contributed by atoms with Crippen LogP contribution >= 0.6 is 23.2 Å². The van der Waals surface area contributed by atoms with E-state index in [0.29, 0.717) is 47.5 Å². The quantitative estimate of drug-likeness (QED) is 0.368. The molecule has 3 aromatic carbocycles. The molecule has 30 heavy (non-hydrogen) atoms. The molecule has 0 saturated heterocycles. The normalized spacial score (nSPS) is 10.5. The first kappa shape index (κ1) is 22.0. The Balaban J connectivity index is 1.38. The molecule has 0 fully saturated rings. The van der Waals surface area contributed by atoms with Crippen molar-refractivity contribution in [2.75, 3.05) is 18.5 Å². The SMILES string of the molecule is O=C(CCCOc1ccc(Cl)cc1Cl)Nc1cccc(OCCc2ccccc2)c1. The van der Waals surface area contributed by atoms with Crippen molar-refractivity contribution >= 4 is 34.8 Å². The highest BCUT2D eigenvalue weighted by Crippen LogP contribution is 2.27. The number of rotatable bonds is 10. The highest BCUT2D eigenvalue weighted by atomic mass is 35.5. The largest absolute Gasteiger partial charge is 0.493 e. The van der Waals surface area contributed by atoms with Crippen LogP contribution < -0.4 is 14.8 Å². The van der Waals surface area contributed by atoms with E-state index in [0.717, 1.165) is 12.2 Å². The van der Waals surface area contributed by atoms with Crippen molar-refractivity contribution in [1.82, 2.24) is 0 Å². The first-order valence-corrected chi connectivity index (χ1v) is 10.5. The maximum atomic E-state index is 12.2. The average Bonchev–Trinajstić information content (AvgIpc) is 2.73. The van der Waals surface area contributed by atoms with E-state index in [1.165, 1.54) is 5.56 Å². The molecule has 0 radical (unpaired) electrons. The summed E-state index contributed by atoms with van der Waals surface area (Å²) in [6.07, 6.45) is 1.73. The van der Waals surface area contributed by atoms with Gasteiger partial charge in [0.2, 0.25) is 5.91 Å². The lowest BCUT2D eigenvalue weighted by Crippen LogP contribution is -2.13. The number of anilines is 1. The lowest BCUT2D eigenvalue weighted by Gasteiger charge is -2.10. The molecule has 1 amide bonds. The molecule has 0 unspecified atom stereocenters. The van der Waals surface area contributed by atoms with Crippen molar-refractivity contribution < 1.29 is 14.3 Å². The van der Waals surface area contributed by atoms with Gasteiger partial charge in [-0.05, 0) is 42.3 Å². The molecule has 0 aliphatic heterocycles. The number of benzene rings is 3. The zero-order chi connectivity index (χ0) is 21.2. The zero-order valence-corrected chi connectivity index (χ0v) is 18.0. The van der Waals surface area contributed by atoms with Crippen LogP contribution in [-0.4, -0.2) is 19.1 Å². The van der Waals surface area contributed by atoms with Gasteiger partial charge < -0.3 is 14.8 Å². The Bertz CT molecular complexity index is 964. The molecule has 156 valence electrons. The van der Waals surface area contributed by atoms with E-state index in [2.05, 4.69) is 17.4 Å². The predicted octanol–water partition coefficient (Wildman–Crippen LogP) is 6.41. The van der Waals surface area contributed by atoms with E-state index in [1.807, 2.05) is 42.5 Å². The van der Waals surface area contributed by atoms with Crippen LogP contribution in [0.15, 0.2) is 72.8 Å². The highest BCUT2D eigenvalue weighted by molar-refractivity contribution is 6.35. The summed E-state index contributed by atoms with van der Waals surface area (Å²) in [4.78, 5) is 12.2. The van der Waals surface area contributed by atoms with Crippen molar-refractivity contribution in [2.24, 2.45) is 0 Å². The van der Waals surface area contributed by atoms with E-state index in [4.69, 9.17) is 32.7 Å². The summed E-state index contributed by atoms with van der Waals surface area (Å²) in [5.74, 6) is 1.20. The van der Waals surface area contributed by atoms with E-state index < -0.39 is 0 Å². The van der Waals surface area contributed by atoms with Crippen LogP contribution in [0, 0.1) is 0 Å².